The summed E-state index contributed by atoms with van der Waals surface area (Å²) >= 11 is 3.72. The Balaban J connectivity index is 1.57. The molecule has 2 aliphatic heterocycles. The number of hydrogen-bond acceptors (Lipinski definition) is 5. The first-order valence-electron chi connectivity index (χ1n) is 7.86. The fraction of sp³-hybridized carbons (Fsp3) is 0.867. The van der Waals surface area contributed by atoms with Gasteiger partial charge in [0.2, 0.25) is 5.91 Å². The lowest BCUT2D eigenvalue weighted by atomic mass is 9.70. The van der Waals surface area contributed by atoms with Crippen molar-refractivity contribution in [3.63, 3.8) is 0 Å². The van der Waals surface area contributed by atoms with Gasteiger partial charge in [-0.1, -0.05) is 0 Å². The number of nitrogens with one attached hydrogen (secondary N) is 1. The van der Waals surface area contributed by atoms with Crippen LogP contribution in [0, 0.1) is 5.92 Å². The van der Waals surface area contributed by atoms with Crippen molar-refractivity contribution in [2.45, 2.75) is 48.5 Å². The molecule has 1 aliphatic carbocycles. The normalized spacial score (nSPS) is 41.1. The number of primary amides is 1. The smallest absolute Gasteiger partial charge is 0.253 e. The Morgan fingerprint density at radius 2 is 2.05 bits per heavy atom. The minimum atomic E-state index is -0.641. The molecule has 3 rings (SSSR count). The number of thioether (sulfide) groups is 2. The minimum Gasteiger partial charge on any atom is -0.369 e. The molecule has 0 radical (unpaired) electrons. The van der Waals surface area contributed by atoms with Crippen LogP contribution < -0.4 is 11.1 Å². The van der Waals surface area contributed by atoms with E-state index < -0.39 is 5.60 Å². The molecule has 124 valence electrons. The first kappa shape index (κ1) is 16.5. The van der Waals surface area contributed by atoms with Crippen molar-refractivity contribution in [2.24, 2.45) is 11.7 Å². The van der Waals surface area contributed by atoms with Crippen LogP contribution in [0.15, 0.2) is 0 Å². The van der Waals surface area contributed by atoms with Crippen LogP contribution in [0.1, 0.15) is 32.1 Å². The third-order valence-electron chi connectivity index (χ3n) is 5.26. The molecule has 3 aliphatic rings. The van der Waals surface area contributed by atoms with E-state index in [1.807, 2.05) is 11.8 Å². The largest absolute Gasteiger partial charge is 0.369 e. The molecule has 5 nitrogen and oxygen atoms in total. The summed E-state index contributed by atoms with van der Waals surface area (Å²) in [6, 6.07) is 0.195. The van der Waals surface area contributed by atoms with Gasteiger partial charge in [-0.15, -0.1) is 0 Å². The number of hydrogen-bond donors (Lipinski definition) is 2. The van der Waals surface area contributed by atoms with Gasteiger partial charge in [0, 0.05) is 29.6 Å². The predicted octanol–water partition coefficient (Wildman–Crippen LogP) is 1.15. The molecule has 2 saturated heterocycles. The monoisotopic (exact) mass is 344 g/mol. The van der Waals surface area contributed by atoms with E-state index in [1.54, 1.807) is 18.9 Å². The van der Waals surface area contributed by atoms with Crippen LogP contribution >= 0.6 is 23.5 Å². The van der Waals surface area contributed by atoms with Crippen LogP contribution in [-0.4, -0.2) is 52.6 Å². The molecule has 2 heterocycles. The van der Waals surface area contributed by atoms with Crippen molar-refractivity contribution < 1.29 is 14.3 Å². The Bertz CT molecular complexity index is 460. The van der Waals surface area contributed by atoms with E-state index in [9.17, 15) is 9.59 Å². The summed E-state index contributed by atoms with van der Waals surface area (Å²) < 4.78 is 5.70. The third-order valence-corrected chi connectivity index (χ3v) is 7.97. The van der Waals surface area contributed by atoms with E-state index in [2.05, 4.69) is 5.32 Å². The Morgan fingerprint density at radius 1 is 1.27 bits per heavy atom. The lowest BCUT2D eigenvalue weighted by Gasteiger charge is -2.50. The second-order valence-corrected chi connectivity index (χ2v) is 9.37. The van der Waals surface area contributed by atoms with E-state index in [4.69, 9.17) is 10.5 Å². The van der Waals surface area contributed by atoms with Gasteiger partial charge in [0.25, 0.3) is 5.91 Å². The maximum absolute atomic E-state index is 12.6. The fourth-order valence-electron chi connectivity index (χ4n) is 3.77. The summed E-state index contributed by atoms with van der Waals surface area (Å²) in [5.74, 6) is 2.64. The molecule has 0 aromatic rings. The topological polar surface area (TPSA) is 81.4 Å². The summed E-state index contributed by atoms with van der Waals surface area (Å²) in [5, 5.41) is 3.21. The summed E-state index contributed by atoms with van der Waals surface area (Å²) in [6.45, 7) is 0. The Labute approximate surface area is 139 Å². The first-order valence-corrected chi connectivity index (χ1v) is 10.00. The van der Waals surface area contributed by atoms with Crippen molar-refractivity contribution in [1.29, 1.82) is 0 Å². The number of rotatable bonds is 4. The van der Waals surface area contributed by atoms with E-state index >= 15 is 0 Å². The van der Waals surface area contributed by atoms with Crippen molar-refractivity contribution >= 4 is 35.3 Å². The van der Waals surface area contributed by atoms with Gasteiger partial charge in [0.05, 0.1) is 0 Å². The second kappa shape index (κ2) is 6.24. The standard InChI is InChI=1S/C15H24N2O3S2/c1-20-15(3-5-21-9-15)13(19)17-11-2-4-22-14(8-11)6-10(7-14)12(16)18/h10-11H,2-9H2,1H3,(H2,16,18)(H,17,19). The Hall–Kier alpha value is -0.400. The third kappa shape index (κ3) is 2.99. The molecule has 0 aromatic carbocycles. The van der Waals surface area contributed by atoms with Gasteiger partial charge in [-0.2, -0.15) is 23.5 Å². The zero-order chi connectivity index (χ0) is 15.8. The van der Waals surface area contributed by atoms with E-state index in [-0.39, 0.29) is 28.5 Å². The molecular weight excluding hydrogens is 320 g/mol. The maximum atomic E-state index is 12.6. The van der Waals surface area contributed by atoms with Gasteiger partial charge < -0.3 is 15.8 Å². The SMILES string of the molecule is COC1(C(=O)NC2CCSC3(C2)CC(C(N)=O)C3)CCSC1. The quantitative estimate of drug-likeness (QED) is 0.800. The Morgan fingerprint density at radius 3 is 2.64 bits per heavy atom. The van der Waals surface area contributed by atoms with Crippen molar-refractivity contribution in [3.05, 3.63) is 0 Å². The molecule has 1 saturated carbocycles. The summed E-state index contributed by atoms with van der Waals surface area (Å²) in [6.07, 6.45) is 4.46. The highest BCUT2D eigenvalue weighted by molar-refractivity contribution is 8.00. The maximum Gasteiger partial charge on any atom is 0.253 e. The zero-order valence-corrected chi connectivity index (χ0v) is 14.6. The van der Waals surface area contributed by atoms with Crippen LogP contribution in [0.5, 0.6) is 0 Å². The lowest BCUT2D eigenvalue weighted by molar-refractivity contribution is -0.141. The summed E-state index contributed by atoms with van der Waals surface area (Å²) in [5.41, 5.74) is 4.74. The predicted molar refractivity (Wildman–Crippen MR) is 90.0 cm³/mol. The summed E-state index contributed by atoms with van der Waals surface area (Å²) in [7, 11) is 1.63. The lowest BCUT2D eigenvalue weighted by Crippen LogP contribution is -2.57. The number of nitrogens with two attached hydrogens (primary N) is 1. The van der Waals surface area contributed by atoms with Gasteiger partial charge in [0.1, 0.15) is 0 Å². The van der Waals surface area contributed by atoms with E-state index in [0.717, 1.165) is 49.4 Å². The van der Waals surface area contributed by atoms with Gasteiger partial charge in [-0.25, -0.2) is 0 Å². The molecule has 0 bridgehead atoms. The average Bonchev–Trinajstić information content (AvgIpc) is 2.95. The number of amides is 2. The number of carbonyl (C=O) groups excluding carboxylic acids is 2. The van der Waals surface area contributed by atoms with Crippen molar-refractivity contribution in [3.8, 4) is 0 Å². The van der Waals surface area contributed by atoms with Gasteiger partial charge >= 0.3 is 0 Å². The van der Waals surface area contributed by atoms with E-state index in [0.29, 0.717) is 0 Å². The fourth-order valence-corrected chi connectivity index (χ4v) is 6.90. The first-order chi connectivity index (χ1) is 10.5. The van der Waals surface area contributed by atoms with Crippen LogP contribution in [0.25, 0.3) is 0 Å². The average molecular weight is 345 g/mol. The van der Waals surface area contributed by atoms with Gasteiger partial charge in [-0.3, -0.25) is 9.59 Å². The molecule has 2 unspecified atom stereocenters. The molecule has 3 N–H and O–H groups in total. The summed E-state index contributed by atoms with van der Waals surface area (Å²) in [4.78, 5) is 23.9. The molecular formula is C15H24N2O3S2. The van der Waals surface area contributed by atoms with Crippen LogP contribution in [0.3, 0.4) is 0 Å². The second-order valence-electron chi connectivity index (χ2n) is 6.70. The molecule has 7 heteroatoms. The van der Waals surface area contributed by atoms with E-state index in [1.165, 1.54) is 0 Å². The van der Waals surface area contributed by atoms with Crippen molar-refractivity contribution in [2.75, 3.05) is 24.4 Å². The minimum absolute atomic E-state index is 0.0264. The highest BCUT2D eigenvalue weighted by atomic mass is 32.2. The van der Waals surface area contributed by atoms with Crippen LogP contribution in [-0.2, 0) is 14.3 Å². The molecule has 0 aromatic heterocycles. The van der Waals surface area contributed by atoms with Crippen molar-refractivity contribution in [1.82, 2.24) is 5.32 Å². The Kier molecular flexibility index (Phi) is 4.67. The highest BCUT2D eigenvalue weighted by Gasteiger charge is 2.50. The van der Waals surface area contributed by atoms with Gasteiger partial charge in [-0.05, 0) is 43.6 Å². The molecule has 2 amide bonds. The number of carbonyl (C=O) groups is 2. The molecule has 2 atom stereocenters. The zero-order valence-electron chi connectivity index (χ0n) is 12.9. The number of ether oxygens (including phenoxy) is 1. The number of methoxy groups -OCH3 is 1. The highest BCUT2D eigenvalue weighted by Crippen LogP contribution is 2.53. The van der Waals surface area contributed by atoms with Crippen LogP contribution in [0.2, 0.25) is 0 Å². The molecule has 3 fully saturated rings. The van der Waals surface area contributed by atoms with Crippen LogP contribution in [0.4, 0.5) is 0 Å². The molecule has 1 spiro atoms. The van der Waals surface area contributed by atoms with Gasteiger partial charge in [0.15, 0.2) is 5.60 Å². The molecule has 22 heavy (non-hydrogen) atoms.